The summed E-state index contributed by atoms with van der Waals surface area (Å²) in [6.07, 6.45) is 0.839. The molecule has 0 aliphatic carbocycles. The first-order valence-corrected chi connectivity index (χ1v) is 8.17. The number of rotatable bonds is 8. The molecule has 0 aliphatic heterocycles. The van der Waals surface area contributed by atoms with Crippen LogP contribution in [0.15, 0.2) is 48.5 Å². The Hall–Kier alpha value is -1.66. The lowest BCUT2D eigenvalue weighted by atomic mass is 10.1. The number of carbonyl (C=O) groups is 1. The molecule has 0 unspecified atom stereocenters. The van der Waals surface area contributed by atoms with E-state index in [-0.39, 0.29) is 29.9 Å². The van der Waals surface area contributed by atoms with Crippen molar-refractivity contribution in [2.75, 3.05) is 31.5 Å². The van der Waals surface area contributed by atoms with Gasteiger partial charge in [-0.3, -0.25) is 9.69 Å². The first kappa shape index (κ1) is 21.4. The van der Waals surface area contributed by atoms with Crippen LogP contribution < -0.4 is 11.1 Å². The second-order valence-corrected chi connectivity index (χ2v) is 5.88. The van der Waals surface area contributed by atoms with Crippen molar-refractivity contribution in [3.63, 3.8) is 0 Å². The molecule has 3 N–H and O–H groups in total. The molecular weight excluding hydrogens is 364 g/mol. The van der Waals surface area contributed by atoms with Gasteiger partial charge in [0.05, 0.1) is 17.3 Å². The first-order chi connectivity index (χ1) is 11.6. The van der Waals surface area contributed by atoms with Crippen LogP contribution in [0.5, 0.6) is 0 Å². The molecular formula is C18H22Cl2FN3O. The zero-order valence-corrected chi connectivity index (χ0v) is 15.3. The van der Waals surface area contributed by atoms with Crippen molar-refractivity contribution in [3.05, 3.63) is 64.9 Å². The second kappa shape index (κ2) is 11.1. The SMILES string of the molecule is Cl.NCCN(CCc1ccccc1)CC(=O)Nc1ccc(F)cc1Cl. The monoisotopic (exact) mass is 385 g/mol. The van der Waals surface area contributed by atoms with Gasteiger partial charge in [-0.05, 0) is 30.2 Å². The molecule has 0 heterocycles. The molecule has 0 saturated heterocycles. The molecule has 1 amide bonds. The molecule has 0 radical (unpaired) electrons. The highest BCUT2D eigenvalue weighted by Gasteiger charge is 2.12. The normalized spacial score (nSPS) is 10.4. The molecule has 2 aromatic rings. The largest absolute Gasteiger partial charge is 0.329 e. The lowest BCUT2D eigenvalue weighted by molar-refractivity contribution is -0.117. The van der Waals surface area contributed by atoms with Gasteiger partial charge in [0.25, 0.3) is 0 Å². The van der Waals surface area contributed by atoms with Crippen molar-refractivity contribution < 1.29 is 9.18 Å². The van der Waals surface area contributed by atoms with Gasteiger partial charge in [0.15, 0.2) is 0 Å². The van der Waals surface area contributed by atoms with Crippen molar-refractivity contribution in [2.45, 2.75) is 6.42 Å². The van der Waals surface area contributed by atoms with E-state index in [1.807, 2.05) is 23.1 Å². The van der Waals surface area contributed by atoms with Crippen LogP contribution in [0.4, 0.5) is 10.1 Å². The van der Waals surface area contributed by atoms with Crippen molar-refractivity contribution in [2.24, 2.45) is 5.73 Å². The third kappa shape index (κ3) is 7.40. The summed E-state index contributed by atoms with van der Waals surface area (Å²) in [5.74, 6) is -0.643. The minimum absolute atomic E-state index is 0. The van der Waals surface area contributed by atoms with Crippen LogP contribution in [0.25, 0.3) is 0 Å². The summed E-state index contributed by atoms with van der Waals surface area (Å²) in [4.78, 5) is 14.2. The summed E-state index contributed by atoms with van der Waals surface area (Å²) in [5, 5.41) is 2.88. The average Bonchev–Trinajstić information content (AvgIpc) is 2.56. The fourth-order valence-corrected chi connectivity index (χ4v) is 2.58. The number of halogens is 3. The van der Waals surface area contributed by atoms with Crippen LogP contribution in [0.1, 0.15) is 5.56 Å². The molecule has 25 heavy (non-hydrogen) atoms. The lowest BCUT2D eigenvalue weighted by Gasteiger charge is -2.21. The van der Waals surface area contributed by atoms with E-state index in [0.29, 0.717) is 18.8 Å². The van der Waals surface area contributed by atoms with Gasteiger partial charge in [-0.15, -0.1) is 12.4 Å². The molecule has 2 rings (SSSR count). The number of nitrogens with zero attached hydrogens (tertiary/aromatic N) is 1. The summed E-state index contributed by atoms with van der Waals surface area (Å²) in [5.41, 5.74) is 7.24. The Morgan fingerprint density at radius 1 is 1.16 bits per heavy atom. The number of nitrogens with two attached hydrogens (primary N) is 1. The smallest absolute Gasteiger partial charge is 0.238 e. The van der Waals surface area contributed by atoms with E-state index in [2.05, 4.69) is 17.4 Å². The Balaban J connectivity index is 0.00000312. The quantitative estimate of drug-likeness (QED) is 0.732. The maximum atomic E-state index is 13.0. The van der Waals surface area contributed by atoms with Gasteiger partial charge < -0.3 is 11.1 Å². The number of hydrogen-bond donors (Lipinski definition) is 2. The number of hydrogen-bond acceptors (Lipinski definition) is 3. The van der Waals surface area contributed by atoms with Crippen LogP contribution in [-0.4, -0.2) is 37.0 Å². The van der Waals surface area contributed by atoms with E-state index in [1.165, 1.54) is 23.8 Å². The van der Waals surface area contributed by atoms with Gasteiger partial charge >= 0.3 is 0 Å². The number of benzene rings is 2. The molecule has 0 aliphatic rings. The molecule has 7 heteroatoms. The van der Waals surface area contributed by atoms with E-state index >= 15 is 0 Å². The average molecular weight is 386 g/mol. The Labute approximate surface area is 158 Å². The van der Waals surface area contributed by atoms with Gasteiger partial charge in [-0.2, -0.15) is 0 Å². The van der Waals surface area contributed by atoms with E-state index in [1.54, 1.807) is 0 Å². The number of carbonyl (C=O) groups excluding carboxylic acids is 1. The van der Waals surface area contributed by atoms with E-state index in [0.717, 1.165) is 13.0 Å². The fraction of sp³-hybridized carbons (Fsp3) is 0.278. The zero-order valence-electron chi connectivity index (χ0n) is 13.8. The molecule has 0 aromatic heterocycles. The van der Waals surface area contributed by atoms with E-state index < -0.39 is 5.82 Å². The van der Waals surface area contributed by atoms with Crippen LogP contribution in [0.3, 0.4) is 0 Å². The molecule has 136 valence electrons. The summed E-state index contributed by atoms with van der Waals surface area (Å²) < 4.78 is 13.0. The van der Waals surface area contributed by atoms with Gasteiger partial charge in [0, 0.05) is 19.6 Å². The number of amides is 1. The highest BCUT2D eigenvalue weighted by atomic mass is 35.5. The predicted molar refractivity (Wildman–Crippen MR) is 103 cm³/mol. The van der Waals surface area contributed by atoms with Crippen molar-refractivity contribution in [1.29, 1.82) is 0 Å². The van der Waals surface area contributed by atoms with Crippen molar-refractivity contribution >= 4 is 35.6 Å². The minimum Gasteiger partial charge on any atom is -0.329 e. The third-order valence-corrected chi connectivity index (χ3v) is 3.89. The first-order valence-electron chi connectivity index (χ1n) is 7.79. The van der Waals surface area contributed by atoms with Crippen molar-refractivity contribution in [1.82, 2.24) is 4.90 Å². The minimum atomic E-state index is -0.439. The number of anilines is 1. The summed E-state index contributed by atoms with van der Waals surface area (Å²) in [7, 11) is 0. The van der Waals surface area contributed by atoms with Crippen LogP contribution in [-0.2, 0) is 11.2 Å². The molecule has 0 spiro atoms. The molecule has 4 nitrogen and oxygen atoms in total. The van der Waals surface area contributed by atoms with E-state index in [4.69, 9.17) is 17.3 Å². The molecule has 0 saturated carbocycles. The Kier molecular flexibility index (Phi) is 9.45. The highest BCUT2D eigenvalue weighted by Crippen LogP contribution is 2.22. The highest BCUT2D eigenvalue weighted by molar-refractivity contribution is 6.33. The maximum Gasteiger partial charge on any atom is 0.238 e. The van der Waals surface area contributed by atoms with Crippen molar-refractivity contribution in [3.8, 4) is 0 Å². The predicted octanol–water partition coefficient (Wildman–Crippen LogP) is 3.34. The Morgan fingerprint density at radius 3 is 2.52 bits per heavy atom. The fourth-order valence-electron chi connectivity index (χ4n) is 2.37. The topological polar surface area (TPSA) is 58.4 Å². The summed E-state index contributed by atoms with van der Waals surface area (Å²) >= 11 is 5.92. The summed E-state index contributed by atoms with van der Waals surface area (Å²) in [6, 6.07) is 13.9. The van der Waals surface area contributed by atoms with Crippen LogP contribution in [0, 0.1) is 5.82 Å². The molecule has 0 bridgehead atoms. The van der Waals surface area contributed by atoms with Gasteiger partial charge in [-0.25, -0.2) is 4.39 Å². The maximum absolute atomic E-state index is 13.0. The number of nitrogens with one attached hydrogen (secondary N) is 1. The standard InChI is InChI=1S/C18H21ClFN3O.ClH/c19-16-12-15(20)6-7-17(16)22-18(24)13-23(11-9-21)10-8-14-4-2-1-3-5-14;/h1-7,12H,8-11,13,21H2,(H,22,24);1H. The van der Waals surface area contributed by atoms with Gasteiger partial charge in [0.2, 0.25) is 5.91 Å². The van der Waals surface area contributed by atoms with E-state index in [9.17, 15) is 9.18 Å². The Morgan fingerprint density at radius 2 is 1.88 bits per heavy atom. The second-order valence-electron chi connectivity index (χ2n) is 5.47. The van der Waals surface area contributed by atoms with Crippen LogP contribution in [0.2, 0.25) is 5.02 Å². The zero-order chi connectivity index (χ0) is 17.4. The van der Waals surface area contributed by atoms with Crippen LogP contribution >= 0.6 is 24.0 Å². The molecule has 0 fully saturated rings. The van der Waals surface area contributed by atoms with Gasteiger partial charge in [0.1, 0.15) is 5.82 Å². The molecule has 2 aromatic carbocycles. The Bertz CT molecular complexity index is 671. The van der Waals surface area contributed by atoms with Gasteiger partial charge in [-0.1, -0.05) is 41.9 Å². The summed E-state index contributed by atoms with van der Waals surface area (Å²) in [6.45, 7) is 2.03. The lowest BCUT2D eigenvalue weighted by Crippen LogP contribution is -2.38. The molecule has 0 atom stereocenters. The third-order valence-electron chi connectivity index (χ3n) is 3.58.